The fourth-order valence-corrected chi connectivity index (χ4v) is 0. The zero-order valence-corrected chi connectivity index (χ0v) is 3.58. The van der Waals surface area contributed by atoms with E-state index in [2.05, 4.69) is 5.43 Å². The molecule has 0 aliphatic rings. The first-order valence-electron chi connectivity index (χ1n) is 1.69. The van der Waals surface area contributed by atoms with Crippen LogP contribution in [0.4, 0.5) is 0 Å². The van der Waals surface area contributed by atoms with Crippen molar-refractivity contribution in [1.29, 1.82) is 0 Å². The second-order valence-corrected chi connectivity index (χ2v) is 1.30. The molecular weight excluding hydrogens is 64.0 g/mol. The maximum atomic E-state index is 6.41. The lowest BCUT2D eigenvalue weighted by molar-refractivity contribution is 0.599. The molecule has 0 rings (SSSR count). The first-order chi connectivity index (χ1) is 2.27. The summed E-state index contributed by atoms with van der Waals surface area (Å²) in [5.74, 6) is 6.41. The van der Waals surface area contributed by atoms with Crippen molar-refractivity contribution in [3.05, 3.63) is 0 Å². The summed E-state index contributed by atoms with van der Waals surface area (Å²) in [4.78, 5) is 0. The van der Waals surface area contributed by atoms with E-state index in [1.54, 1.807) is 0 Å². The zero-order chi connectivity index (χ0) is 4.28. The molecule has 2 heteroatoms. The number of rotatable bonds is 1. The highest BCUT2D eigenvalue weighted by Crippen LogP contribution is 1.65. The first-order valence-corrected chi connectivity index (χ1v) is 1.69. The number of hydrogen-bond donors (Lipinski definition) is 1. The minimum Gasteiger partial charge on any atom is -0.241 e. The summed E-state index contributed by atoms with van der Waals surface area (Å²) in [6.07, 6.45) is 0. The molecule has 5 heavy (non-hydrogen) atoms. The summed E-state index contributed by atoms with van der Waals surface area (Å²) in [6, 6.07) is 0.301. The Morgan fingerprint density at radius 3 is 1.80 bits per heavy atom. The topological polar surface area (TPSA) is 35.8 Å². The quantitative estimate of drug-likeness (QED) is 0.442. The van der Waals surface area contributed by atoms with Crippen LogP contribution in [0.2, 0.25) is 0 Å². The summed E-state index contributed by atoms with van der Waals surface area (Å²) >= 11 is 0. The van der Waals surface area contributed by atoms with E-state index in [1.165, 1.54) is 0 Å². The third-order valence-electron chi connectivity index (χ3n) is 0.289. The molecule has 0 unspecified atom stereocenters. The Hall–Kier alpha value is -0.0800. The summed E-state index contributed by atoms with van der Waals surface area (Å²) in [5, 5.41) is 0. The van der Waals surface area contributed by atoms with Crippen LogP contribution in [0.5, 0.6) is 0 Å². The minimum atomic E-state index is 0.301. The van der Waals surface area contributed by atoms with Gasteiger partial charge in [-0.25, -0.2) is 5.43 Å². The van der Waals surface area contributed by atoms with Gasteiger partial charge in [0.25, 0.3) is 0 Å². The first kappa shape index (κ1) is 4.92. The van der Waals surface area contributed by atoms with Gasteiger partial charge in [-0.05, 0) is 13.8 Å². The van der Waals surface area contributed by atoms with Gasteiger partial charge in [0.1, 0.15) is 0 Å². The highest BCUT2D eigenvalue weighted by Gasteiger charge is 1.78. The van der Waals surface area contributed by atoms with Crippen molar-refractivity contribution in [2.75, 3.05) is 0 Å². The molecule has 0 bridgehead atoms. The van der Waals surface area contributed by atoms with E-state index in [0.29, 0.717) is 6.04 Å². The van der Waals surface area contributed by atoms with E-state index in [1.807, 2.05) is 13.8 Å². The smallest absolute Gasteiger partial charge is 0.0170 e. The Morgan fingerprint density at radius 2 is 1.80 bits per heavy atom. The molecule has 0 amide bonds. The highest BCUT2D eigenvalue weighted by atomic mass is 15.2. The molecule has 0 aromatic heterocycles. The maximum absolute atomic E-state index is 6.41. The molecule has 0 aromatic rings. The largest absolute Gasteiger partial charge is 0.241 e. The Kier molecular flexibility index (Phi) is 2.14. The Morgan fingerprint density at radius 1 is 1.60 bits per heavy atom. The molecule has 0 saturated heterocycles. The Balaban J connectivity index is 2.54. The van der Waals surface area contributed by atoms with Crippen LogP contribution in [0.25, 0.3) is 0 Å². The molecular formula is C3H9N2. The van der Waals surface area contributed by atoms with Crippen LogP contribution < -0.4 is 11.3 Å². The van der Waals surface area contributed by atoms with Gasteiger partial charge in [0, 0.05) is 6.04 Å². The zero-order valence-electron chi connectivity index (χ0n) is 3.58. The van der Waals surface area contributed by atoms with Crippen LogP contribution in [0.15, 0.2) is 0 Å². The lowest BCUT2D eigenvalue weighted by atomic mass is 10.4. The van der Waals surface area contributed by atoms with Gasteiger partial charge in [-0.3, -0.25) is 0 Å². The van der Waals surface area contributed by atoms with Gasteiger partial charge in [0.2, 0.25) is 0 Å². The molecule has 0 heterocycles. The van der Waals surface area contributed by atoms with Crippen LogP contribution >= 0.6 is 0 Å². The molecule has 0 atom stereocenters. The summed E-state index contributed by atoms with van der Waals surface area (Å²) in [7, 11) is 0. The lowest BCUT2D eigenvalue weighted by Crippen LogP contribution is -2.19. The molecule has 0 spiro atoms. The standard InChI is InChI=1S/C3H9N2/c1-3(2)5-4/h3-5H,1-2H3. The van der Waals surface area contributed by atoms with Crippen LogP contribution in [0.3, 0.4) is 0 Å². The molecule has 0 aromatic carbocycles. The van der Waals surface area contributed by atoms with Gasteiger partial charge in [0.05, 0.1) is 0 Å². The van der Waals surface area contributed by atoms with Crippen LogP contribution in [0, 0.1) is 0 Å². The highest BCUT2D eigenvalue weighted by molar-refractivity contribution is 4.37. The molecule has 31 valence electrons. The van der Waals surface area contributed by atoms with E-state index in [9.17, 15) is 0 Å². The van der Waals surface area contributed by atoms with E-state index in [-0.39, 0.29) is 0 Å². The van der Waals surface area contributed by atoms with Gasteiger partial charge < -0.3 is 0 Å². The van der Waals surface area contributed by atoms with Gasteiger partial charge >= 0.3 is 0 Å². The average molecular weight is 73.1 g/mol. The predicted molar refractivity (Wildman–Crippen MR) is 21.4 cm³/mol. The van der Waals surface area contributed by atoms with E-state index in [0.717, 1.165) is 0 Å². The molecule has 2 N–H and O–H groups in total. The monoisotopic (exact) mass is 73.1 g/mol. The van der Waals surface area contributed by atoms with Crippen molar-refractivity contribution in [3.63, 3.8) is 0 Å². The van der Waals surface area contributed by atoms with Crippen molar-refractivity contribution in [2.24, 2.45) is 0 Å². The molecule has 2 nitrogen and oxygen atoms in total. The van der Waals surface area contributed by atoms with E-state index < -0.39 is 0 Å². The third kappa shape index (κ3) is 3.92. The molecule has 0 aliphatic carbocycles. The van der Waals surface area contributed by atoms with Crippen molar-refractivity contribution in [1.82, 2.24) is 11.3 Å². The van der Waals surface area contributed by atoms with E-state index >= 15 is 0 Å². The average Bonchev–Trinajstić information content (AvgIpc) is 1.38. The lowest BCUT2D eigenvalue weighted by Gasteiger charge is -1.93. The second kappa shape index (κ2) is 2.18. The van der Waals surface area contributed by atoms with Gasteiger partial charge in [-0.1, -0.05) is 0 Å². The molecule has 0 saturated carbocycles. The second-order valence-electron chi connectivity index (χ2n) is 1.30. The Bertz CT molecular complexity index is 18.9. The number of nitrogens with one attached hydrogen (secondary N) is 2. The van der Waals surface area contributed by atoms with Crippen LogP contribution in [0.1, 0.15) is 13.8 Å². The van der Waals surface area contributed by atoms with Crippen molar-refractivity contribution in [3.8, 4) is 0 Å². The van der Waals surface area contributed by atoms with E-state index in [4.69, 9.17) is 5.84 Å². The summed E-state index contributed by atoms with van der Waals surface area (Å²) in [5.41, 5.74) is 2.28. The number of hydrogen-bond acceptors (Lipinski definition) is 1. The predicted octanol–water partition coefficient (Wildman–Crippen LogP) is 0.182. The summed E-state index contributed by atoms with van der Waals surface area (Å²) in [6.45, 7) is 3.85. The maximum Gasteiger partial charge on any atom is 0.0170 e. The van der Waals surface area contributed by atoms with Crippen LogP contribution in [-0.2, 0) is 0 Å². The molecule has 1 radical (unpaired) electrons. The van der Waals surface area contributed by atoms with Crippen LogP contribution in [-0.4, -0.2) is 6.04 Å². The van der Waals surface area contributed by atoms with Crippen molar-refractivity contribution >= 4 is 0 Å². The fourth-order valence-electron chi connectivity index (χ4n) is 0. The third-order valence-corrected chi connectivity index (χ3v) is 0.289. The van der Waals surface area contributed by atoms with Crippen molar-refractivity contribution in [2.45, 2.75) is 19.9 Å². The van der Waals surface area contributed by atoms with Gasteiger partial charge in [0.15, 0.2) is 0 Å². The van der Waals surface area contributed by atoms with Gasteiger partial charge in [-0.15, -0.1) is 0 Å². The fraction of sp³-hybridized carbons (Fsp3) is 1.00. The molecule has 0 aliphatic heterocycles. The van der Waals surface area contributed by atoms with Gasteiger partial charge in [-0.2, -0.15) is 5.84 Å². The Labute approximate surface area is 32.3 Å². The SMILES string of the molecule is CC(C)N[NH]. The summed E-state index contributed by atoms with van der Waals surface area (Å²) < 4.78 is 0. The minimum absolute atomic E-state index is 0.301. The normalized spacial score (nSPS) is 9.60. The molecule has 0 fully saturated rings. The van der Waals surface area contributed by atoms with Crippen molar-refractivity contribution < 1.29 is 0 Å².